The van der Waals surface area contributed by atoms with Gasteiger partial charge in [-0.1, -0.05) is 11.6 Å². The number of halogens is 1. The molecule has 0 radical (unpaired) electrons. The Hall–Kier alpha value is -2.60. The lowest BCUT2D eigenvalue weighted by Gasteiger charge is -2.30. The third-order valence-electron chi connectivity index (χ3n) is 4.88. The fraction of sp³-hybridized carbons (Fsp3) is 0.632. The lowest BCUT2D eigenvalue weighted by atomic mass is 10.1. The summed E-state index contributed by atoms with van der Waals surface area (Å²) in [5.41, 5.74) is -0.680. The zero-order valence-electron chi connectivity index (χ0n) is 16.8. The van der Waals surface area contributed by atoms with Crippen molar-refractivity contribution >= 4 is 29.4 Å². The van der Waals surface area contributed by atoms with Crippen LogP contribution in [0.3, 0.4) is 0 Å². The van der Waals surface area contributed by atoms with Crippen molar-refractivity contribution in [2.75, 3.05) is 18.4 Å². The van der Waals surface area contributed by atoms with Crippen LogP contribution in [0.15, 0.2) is 12.1 Å². The van der Waals surface area contributed by atoms with E-state index in [9.17, 15) is 14.9 Å². The van der Waals surface area contributed by atoms with Crippen LogP contribution in [0.1, 0.15) is 40.0 Å². The molecular formula is C19H25ClN6O3. The van der Waals surface area contributed by atoms with Crippen molar-refractivity contribution in [2.45, 2.75) is 63.8 Å². The molecule has 2 amide bonds. The number of carbonyl (C=O) groups excluding carboxylic acids is 2. The average molecular weight is 421 g/mol. The lowest BCUT2D eigenvalue weighted by molar-refractivity contribution is -0.135. The molecule has 2 aliphatic rings. The summed E-state index contributed by atoms with van der Waals surface area (Å²) in [5, 5.41) is 20.6. The summed E-state index contributed by atoms with van der Waals surface area (Å²) in [5.74, 6) is 0.291. The molecule has 29 heavy (non-hydrogen) atoms. The third-order valence-corrected chi connectivity index (χ3v) is 5.08. The summed E-state index contributed by atoms with van der Waals surface area (Å²) in [6.45, 7) is 6.15. The van der Waals surface area contributed by atoms with Crippen LogP contribution >= 0.6 is 11.6 Å². The Morgan fingerprint density at radius 3 is 2.69 bits per heavy atom. The van der Waals surface area contributed by atoms with E-state index in [2.05, 4.69) is 21.6 Å². The fourth-order valence-electron chi connectivity index (χ4n) is 3.66. The number of carbonyl (C=O) groups is 2. The first-order chi connectivity index (χ1) is 13.7. The van der Waals surface area contributed by atoms with E-state index in [4.69, 9.17) is 16.3 Å². The zero-order valence-corrected chi connectivity index (χ0v) is 17.5. The van der Waals surface area contributed by atoms with Crippen LogP contribution in [0.25, 0.3) is 0 Å². The molecule has 156 valence electrons. The Bertz CT molecular complexity index is 804. The van der Waals surface area contributed by atoms with Crippen molar-refractivity contribution in [2.24, 2.45) is 0 Å². The van der Waals surface area contributed by atoms with Crippen LogP contribution in [0.4, 0.5) is 10.6 Å². The van der Waals surface area contributed by atoms with Crippen LogP contribution in [0.2, 0.25) is 5.15 Å². The molecule has 9 nitrogen and oxygen atoms in total. The van der Waals surface area contributed by atoms with Gasteiger partial charge >= 0.3 is 6.09 Å². The van der Waals surface area contributed by atoms with E-state index in [1.54, 1.807) is 37.8 Å². The topological polar surface area (TPSA) is 111 Å². The number of hydrogen-bond donors (Lipinski definition) is 1. The van der Waals surface area contributed by atoms with Crippen LogP contribution in [0.5, 0.6) is 0 Å². The monoisotopic (exact) mass is 420 g/mol. The highest BCUT2D eigenvalue weighted by atomic mass is 35.5. The Labute approximate surface area is 175 Å². The molecule has 2 aliphatic heterocycles. The standard InChI is InChI=1S/C19H25ClN6O3/c1-19(2,3)29-18(28)26-11-12(22-16-7-6-15(20)23-24-16)9-14(26)17(27)25-8-4-5-13(25)10-21/h6-7,12-14H,4-5,8-9,11H2,1-3H3,(H,22,24)/t12-,13?,14-/m0/s1. The van der Waals surface area contributed by atoms with Crippen LogP contribution in [0, 0.1) is 11.3 Å². The highest BCUT2D eigenvalue weighted by Crippen LogP contribution is 2.28. The second kappa shape index (κ2) is 8.41. The van der Waals surface area contributed by atoms with Gasteiger partial charge in [0.25, 0.3) is 0 Å². The van der Waals surface area contributed by atoms with Crippen molar-refractivity contribution < 1.29 is 14.3 Å². The average Bonchev–Trinajstić information content (AvgIpc) is 3.28. The number of rotatable bonds is 3. The summed E-state index contributed by atoms with van der Waals surface area (Å²) in [7, 11) is 0. The predicted molar refractivity (Wildman–Crippen MR) is 106 cm³/mol. The second-order valence-electron chi connectivity index (χ2n) is 8.29. The normalized spacial score (nSPS) is 24.3. The number of nitriles is 1. The van der Waals surface area contributed by atoms with Crippen LogP contribution < -0.4 is 5.32 Å². The van der Waals surface area contributed by atoms with Gasteiger partial charge in [0.2, 0.25) is 5.91 Å². The van der Waals surface area contributed by atoms with Gasteiger partial charge in [0.1, 0.15) is 23.5 Å². The third kappa shape index (κ3) is 5.07. The summed E-state index contributed by atoms with van der Waals surface area (Å²) >= 11 is 5.77. The van der Waals surface area contributed by atoms with Gasteiger partial charge in [0, 0.05) is 19.1 Å². The van der Waals surface area contributed by atoms with Crippen LogP contribution in [-0.4, -0.2) is 68.8 Å². The second-order valence-corrected chi connectivity index (χ2v) is 8.67. The Kier molecular flexibility index (Phi) is 6.13. The summed E-state index contributed by atoms with van der Waals surface area (Å²) < 4.78 is 5.51. The van der Waals surface area contributed by atoms with Crippen molar-refractivity contribution in [1.82, 2.24) is 20.0 Å². The molecule has 0 spiro atoms. The van der Waals surface area contributed by atoms with Crippen molar-refractivity contribution in [3.8, 4) is 6.07 Å². The van der Waals surface area contributed by atoms with Gasteiger partial charge in [-0.15, -0.1) is 10.2 Å². The molecule has 1 aromatic heterocycles. The molecule has 3 heterocycles. The van der Waals surface area contributed by atoms with Gasteiger partial charge in [-0.05, 0) is 52.2 Å². The Morgan fingerprint density at radius 2 is 2.07 bits per heavy atom. The number of aromatic nitrogens is 2. The van der Waals surface area contributed by atoms with Gasteiger partial charge < -0.3 is 15.0 Å². The van der Waals surface area contributed by atoms with Gasteiger partial charge in [-0.3, -0.25) is 9.69 Å². The minimum Gasteiger partial charge on any atom is -0.444 e. The van der Waals surface area contributed by atoms with Crippen molar-refractivity contribution in [3.05, 3.63) is 17.3 Å². The van der Waals surface area contributed by atoms with E-state index < -0.39 is 23.8 Å². The highest BCUT2D eigenvalue weighted by molar-refractivity contribution is 6.29. The smallest absolute Gasteiger partial charge is 0.411 e. The zero-order chi connectivity index (χ0) is 21.2. The maximum absolute atomic E-state index is 13.2. The van der Waals surface area contributed by atoms with Crippen molar-refractivity contribution in [1.29, 1.82) is 5.26 Å². The number of amides is 2. The minimum atomic E-state index is -0.698. The lowest BCUT2D eigenvalue weighted by Crippen LogP contribution is -2.50. The summed E-state index contributed by atoms with van der Waals surface area (Å²) in [6.07, 6.45) is 1.28. The van der Waals surface area contributed by atoms with Gasteiger partial charge in [-0.25, -0.2) is 4.79 Å². The Balaban J connectivity index is 1.78. The summed E-state index contributed by atoms with van der Waals surface area (Å²) in [6, 6.07) is 4.13. The Morgan fingerprint density at radius 1 is 1.31 bits per heavy atom. The first-order valence-electron chi connectivity index (χ1n) is 9.63. The molecular weight excluding hydrogens is 396 g/mol. The van der Waals surface area contributed by atoms with E-state index in [0.29, 0.717) is 25.2 Å². The van der Waals surface area contributed by atoms with E-state index in [-0.39, 0.29) is 23.6 Å². The van der Waals surface area contributed by atoms with Gasteiger partial charge in [0.05, 0.1) is 6.07 Å². The maximum Gasteiger partial charge on any atom is 0.411 e. The molecule has 3 rings (SSSR count). The van der Waals surface area contributed by atoms with Crippen molar-refractivity contribution in [3.63, 3.8) is 0 Å². The number of likely N-dealkylation sites (tertiary alicyclic amines) is 2. The minimum absolute atomic E-state index is 0.213. The van der Waals surface area contributed by atoms with Gasteiger partial charge in [0.15, 0.2) is 5.15 Å². The molecule has 1 N–H and O–H groups in total. The largest absolute Gasteiger partial charge is 0.444 e. The molecule has 2 saturated heterocycles. The van der Waals surface area contributed by atoms with Gasteiger partial charge in [-0.2, -0.15) is 5.26 Å². The molecule has 10 heteroatoms. The molecule has 0 bridgehead atoms. The van der Waals surface area contributed by atoms with E-state index >= 15 is 0 Å². The SMILES string of the molecule is CC(C)(C)OC(=O)N1C[C@@H](Nc2ccc(Cl)nn2)C[C@H]1C(=O)N1CCCC1C#N. The quantitative estimate of drug-likeness (QED) is 0.799. The predicted octanol–water partition coefficient (Wildman–Crippen LogP) is 2.43. The van der Waals surface area contributed by atoms with E-state index in [1.807, 2.05) is 0 Å². The molecule has 3 atom stereocenters. The maximum atomic E-state index is 13.2. The molecule has 0 aliphatic carbocycles. The number of nitrogens with zero attached hydrogens (tertiary/aromatic N) is 5. The number of nitrogens with one attached hydrogen (secondary N) is 1. The number of ether oxygens (including phenoxy) is 1. The number of anilines is 1. The van der Waals surface area contributed by atoms with E-state index in [1.165, 1.54) is 4.90 Å². The fourth-order valence-corrected chi connectivity index (χ4v) is 3.76. The van der Waals surface area contributed by atoms with E-state index in [0.717, 1.165) is 6.42 Å². The summed E-state index contributed by atoms with van der Waals surface area (Å²) in [4.78, 5) is 29.0. The number of hydrogen-bond acceptors (Lipinski definition) is 7. The first-order valence-corrected chi connectivity index (χ1v) is 10.0. The molecule has 2 fully saturated rings. The molecule has 1 aromatic rings. The molecule has 0 saturated carbocycles. The molecule has 1 unspecified atom stereocenters. The molecule has 0 aromatic carbocycles. The first kappa shape index (κ1) is 21.1. The highest BCUT2D eigenvalue weighted by Gasteiger charge is 2.45. The van der Waals surface area contributed by atoms with Crippen LogP contribution in [-0.2, 0) is 9.53 Å².